The highest BCUT2D eigenvalue weighted by molar-refractivity contribution is 7.99. The van der Waals surface area contributed by atoms with Crippen molar-refractivity contribution >= 4 is 23.4 Å². The van der Waals surface area contributed by atoms with E-state index in [0.717, 1.165) is 17.8 Å². The summed E-state index contributed by atoms with van der Waals surface area (Å²) in [4.78, 5) is 29.0. The number of methoxy groups -OCH3 is 1. The first-order chi connectivity index (χ1) is 10.1. The molecule has 0 radical (unpaired) electrons. The second kappa shape index (κ2) is 6.80. The number of thioether (sulfide) groups is 1. The van der Waals surface area contributed by atoms with Crippen LogP contribution in [0.15, 0.2) is 40.3 Å². The largest absolute Gasteiger partial charge is 0.497 e. The number of hydrogen-bond donors (Lipinski definition) is 3. The van der Waals surface area contributed by atoms with E-state index in [1.165, 1.54) is 0 Å². The van der Waals surface area contributed by atoms with Crippen LogP contribution in [0.4, 0.5) is 5.69 Å². The van der Waals surface area contributed by atoms with Gasteiger partial charge in [0.05, 0.1) is 18.9 Å². The number of H-pyrrole nitrogens is 1. The van der Waals surface area contributed by atoms with Crippen LogP contribution in [0.5, 0.6) is 11.6 Å². The molecule has 21 heavy (non-hydrogen) atoms. The van der Waals surface area contributed by atoms with Gasteiger partial charge in [-0.05, 0) is 24.3 Å². The number of ether oxygens (including phenoxy) is 1. The average molecular weight is 307 g/mol. The first-order valence-corrected chi connectivity index (χ1v) is 6.92. The second-order valence-corrected chi connectivity index (χ2v) is 4.94. The summed E-state index contributed by atoms with van der Waals surface area (Å²) in [7, 11) is 1.56. The molecule has 0 unspecified atom stereocenters. The molecule has 8 heteroatoms. The minimum Gasteiger partial charge on any atom is -0.497 e. The van der Waals surface area contributed by atoms with Gasteiger partial charge in [0.2, 0.25) is 11.8 Å². The summed E-state index contributed by atoms with van der Waals surface area (Å²) < 4.78 is 5.02. The van der Waals surface area contributed by atoms with Gasteiger partial charge in [0.15, 0.2) is 5.16 Å². The van der Waals surface area contributed by atoms with Crippen molar-refractivity contribution in [2.45, 2.75) is 5.16 Å². The molecule has 7 nitrogen and oxygen atoms in total. The van der Waals surface area contributed by atoms with Crippen molar-refractivity contribution in [3.8, 4) is 11.6 Å². The zero-order chi connectivity index (χ0) is 15.2. The zero-order valence-corrected chi connectivity index (χ0v) is 11.9. The van der Waals surface area contributed by atoms with Crippen LogP contribution < -0.4 is 15.6 Å². The highest BCUT2D eigenvalue weighted by Gasteiger charge is 2.06. The fourth-order valence-electron chi connectivity index (χ4n) is 1.50. The molecule has 0 fully saturated rings. The Morgan fingerprint density at radius 1 is 1.43 bits per heavy atom. The SMILES string of the molecule is COc1ccc(NC(=O)CSc2nc(O)cc(=O)[nH]2)cc1. The minimum atomic E-state index is -0.472. The Morgan fingerprint density at radius 3 is 2.76 bits per heavy atom. The fraction of sp³-hybridized carbons (Fsp3) is 0.154. The molecule has 0 spiro atoms. The third kappa shape index (κ3) is 4.53. The van der Waals surface area contributed by atoms with Gasteiger partial charge in [-0.2, -0.15) is 4.98 Å². The lowest BCUT2D eigenvalue weighted by atomic mass is 10.3. The number of aromatic amines is 1. The summed E-state index contributed by atoms with van der Waals surface area (Å²) in [5, 5.41) is 12.1. The molecular formula is C13H13N3O4S. The average Bonchev–Trinajstić information content (AvgIpc) is 2.45. The summed E-state index contributed by atoms with van der Waals surface area (Å²) >= 11 is 1.02. The van der Waals surface area contributed by atoms with Crippen LogP contribution in [0.2, 0.25) is 0 Å². The van der Waals surface area contributed by atoms with Gasteiger partial charge in [-0.15, -0.1) is 0 Å². The van der Waals surface area contributed by atoms with Gasteiger partial charge < -0.3 is 20.1 Å². The van der Waals surface area contributed by atoms with Crippen molar-refractivity contribution in [3.63, 3.8) is 0 Å². The molecule has 3 N–H and O–H groups in total. The summed E-state index contributed by atoms with van der Waals surface area (Å²) in [6.45, 7) is 0. The summed E-state index contributed by atoms with van der Waals surface area (Å²) in [6.07, 6.45) is 0. The molecule has 110 valence electrons. The second-order valence-electron chi connectivity index (χ2n) is 3.97. The van der Waals surface area contributed by atoms with Crippen LogP contribution >= 0.6 is 11.8 Å². The quantitative estimate of drug-likeness (QED) is 0.566. The fourth-order valence-corrected chi connectivity index (χ4v) is 2.17. The number of nitrogens with zero attached hydrogens (tertiary/aromatic N) is 1. The van der Waals surface area contributed by atoms with E-state index in [0.29, 0.717) is 11.4 Å². The van der Waals surface area contributed by atoms with Gasteiger partial charge in [-0.1, -0.05) is 11.8 Å². The maximum Gasteiger partial charge on any atom is 0.255 e. The molecule has 1 aromatic carbocycles. The van der Waals surface area contributed by atoms with Crippen LogP contribution in [-0.4, -0.2) is 33.8 Å². The summed E-state index contributed by atoms with van der Waals surface area (Å²) in [5.41, 5.74) is 0.166. The normalized spacial score (nSPS) is 10.1. The van der Waals surface area contributed by atoms with Gasteiger partial charge >= 0.3 is 0 Å². The van der Waals surface area contributed by atoms with Crippen molar-refractivity contribution < 1.29 is 14.6 Å². The Bertz CT molecular complexity index is 685. The molecular weight excluding hydrogens is 294 g/mol. The van der Waals surface area contributed by atoms with Crippen molar-refractivity contribution in [2.24, 2.45) is 0 Å². The van der Waals surface area contributed by atoms with E-state index in [2.05, 4.69) is 15.3 Å². The van der Waals surface area contributed by atoms with E-state index in [1.54, 1.807) is 31.4 Å². The minimum absolute atomic E-state index is 0.0540. The van der Waals surface area contributed by atoms with Gasteiger partial charge in [-0.25, -0.2) is 0 Å². The van der Waals surface area contributed by atoms with Crippen LogP contribution in [0.1, 0.15) is 0 Å². The standard InChI is InChI=1S/C13H13N3O4S/c1-20-9-4-2-8(3-5-9)14-12(19)7-21-13-15-10(17)6-11(18)16-13/h2-6H,7H2,1H3,(H,14,19)(H2,15,16,17,18). The number of carbonyl (C=O) groups is 1. The number of amides is 1. The van der Waals surface area contributed by atoms with Crippen molar-refractivity contribution in [1.29, 1.82) is 0 Å². The van der Waals surface area contributed by atoms with Crippen molar-refractivity contribution in [1.82, 2.24) is 9.97 Å². The zero-order valence-electron chi connectivity index (χ0n) is 11.1. The van der Waals surface area contributed by atoms with Gasteiger partial charge in [0, 0.05) is 5.69 Å². The summed E-state index contributed by atoms with van der Waals surface area (Å²) in [6, 6.07) is 7.86. The van der Waals surface area contributed by atoms with E-state index in [-0.39, 0.29) is 22.7 Å². The van der Waals surface area contributed by atoms with Crippen LogP contribution in [-0.2, 0) is 4.79 Å². The van der Waals surface area contributed by atoms with Crippen LogP contribution in [0.3, 0.4) is 0 Å². The first-order valence-electron chi connectivity index (χ1n) is 5.94. The summed E-state index contributed by atoms with van der Waals surface area (Å²) in [5.74, 6) is 0.121. The predicted molar refractivity (Wildman–Crippen MR) is 78.9 cm³/mol. The van der Waals surface area contributed by atoms with Crippen LogP contribution in [0, 0.1) is 0 Å². The number of anilines is 1. The Balaban J connectivity index is 1.90. The number of aromatic hydroxyl groups is 1. The van der Waals surface area contributed by atoms with E-state index >= 15 is 0 Å². The number of aromatic nitrogens is 2. The molecule has 0 saturated carbocycles. The van der Waals surface area contributed by atoms with E-state index in [1.807, 2.05) is 0 Å². The molecule has 1 amide bonds. The van der Waals surface area contributed by atoms with E-state index < -0.39 is 5.56 Å². The van der Waals surface area contributed by atoms with E-state index in [4.69, 9.17) is 4.74 Å². The lowest BCUT2D eigenvalue weighted by molar-refractivity contribution is -0.113. The third-order valence-electron chi connectivity index (χ3n) is 2.42. The van der Waals surface area contributed by atoms with Gasteiger partial charge in [0.25, 0.3) is 5.56 Å². The highest BCUT2D eigenvalue weighted by Crippen LogP contribution is 2.17. The topological polar surface area (TPSA) is 104 Å². The van der Waals surface area contributed by atoms with Crippen molar-refractivity contribution in [2.75, 3.05) is 18.2 Å². The van der Waals surface area contributed by atoms with Crippen molar-refractivity contribution in [3.05, 3.63) is 40.7 Å². The first kappa shape index (κ1) is 14.9. The van der Waals surface area contributed by atoms with Gasteiger partial charge in [-0.3, -0.25) is 9.59 Å². The van der Waals surface area contributed by atoms with Crippen LogP contribution in [0.25, 0.3) is 0 Å². The Morgan fingerprint density at radius 2 is 2.14 bits per heavy atom. The molecule has 0 aliphatic rings. The molecule has 0 aliphatic carbocycles. The molecule has 0 saturated heterocycles. The smallest absolute Gasteiger partial charge is 0.255 e. The molecule has 0 aliphatic heterocycles. The molecule has 2 aromatic rings. The Hall–Kier alpha value is -2.48. The predicted octanol–water partition coefficient (Wildman–Crippen LogP) is 1.21. The molecule has 1 aromatic heterocycles. The maximum absolute atomic E-state index is 11.8. The van der Waals surface area contributed by atoms with Gasteiger partial charge in [0.1, 0.15) is 5.75 Å². The number of hydrogen-bond acceptors (Lipinski definition) is 6. The lowest BCUT2D eigenvalue weighted by Gasteiger charge is -2.06. The Kier molecular flexibility index (Phi) is 4.83. The highest BCUT2D eigenvalue weighted by atomic mass is 32.2. The number of nitrogens with one attached hydrogen (secondary N) is 2. The number of carbonyl (C=O) groups excluding carboxylic acids is 1. The molecule has 0 bridgehead atoms. The maximum atomic E-state index is 11.8. The Labute approximate surface area is 124 Å². The van der Waals surface area contributed by atoms with E-state index in [9.17, 15) is 14.7 Å². The number of rotatable bonds is 5. The number of benzene rings is 1. The molecule has 2 rings (SSSR count). The third-order valence-corrected chi connectivity index (χ3v) is 3.29. The lowest BCUT2D eigenvalue weighted by Crippen LogP contribution is -2.15. The molecule has 0 atom stereocenters. The monoisotopic (exact) mass is 307 g/mol. The molecule has 1 heterocycles.